The first-order valence-corrected chi connectivity index (χ1v) is 10.4. The lowest BCUT2D eigenvalue weighted by atomic mass is 10.0. The predicted molar refractivity (Wildman–Crippen MR) is 116 cm³/mol. The van der Waals surface area contributed by atoms with Crippen molar-refractivity contribution in [2.24, 2.45) is 0 Å². The van der Waals surface area contributed by atoms with Crippen molar-refractivity contribution in [3.05, 3.63) is 59.7 Å². The first-order valence-electron chi connectivity index (χ1n) is 10.4. The molecule has 6 heteroatoms. The molecule has 2 amide bonds. The fraction of sp³-hybridized carbons (Fsp3) is 0.417. The number of carbonyl (C=O) groups is 2. The molecule has 160 valence electrons. The molecular weight excluding hydrogens is 380 g/mol. The highest BCUT2D eigenvalue weighted by molar-refractivity contribution is 5.97. The Morgan fingerprint density at radius 2 is 1.40 bits per heavy atom. The van der Waals surface area contributed by atoms with Gasteiger partial charge in [-0.25, -0.2) is 0 Å². The summed E-state index contributed by atoms with van der Waals surface area (Å²) < 4.78 is 11.3. The van der Waals surface area contributed by atoms with Crippen LogP contribution in [-0.4, -0.2) is 61.0 Å². The van der Waals surface area contributed by atoms with Crippen LogP contribution >= 0.6 is 0 Å². The lowest BCUT2D eigenvalue weighted by Crippen LogP contribution is -2.53. The number of benzene rings is 2. The first kappa shape index (κ1) is 21.7. The van der Waals surface area contributed by atoms with Crippen LogP contribution in [0.5, 0.6) is 11.5 Å². The molecule has 1 atom stereocenters. The Morgan fingerprint density at radius 1 is 0.833 bits per heavy atom. The van der Waals surface area contributed by atoms with Crippen LogP contribution in [0.4, 0.5) is 0 Å². The lowest BCUT2D eigenvalue weighted by Gasteiger charge is -2.36. The molecule has 0 radical (unpaired) electrons. The number of amides is 2. The molecule has 1 aliphatic rings. The number of piperazine rings is 1. The van der Waals surface area contributed by atoms with Gasteiger partial charge in [0.1, 0.15) is 11.5 Å². The van der Waals surface area contributed by atoms with Gasteiger partial charge in [-0.1, -0.05) is 44.2 Å². The van der Waals surface area contributed by atoms with E-state index in [0.29, 0.717) is 43.4 Å². The number of methoxy groups -OCH3 is 1. The second-order valence-electron chi connectivity index (χ2n) is 7.77. The highest BCUT2D eigenvalue weighted by Gasteiger charge is 2.29. The molecule has 6 nitrogen and oxygen atoms in total. The van der Waals surface area contributed by atoms with Crippen molar-refractivity contribution < 1.29 is 19.1 Å². The number of carbonyl (C=O) groups excluding carboxylic acids is 2. The maximum atomic E-state index is 12.9. The molecule has 0 saturated carbocycles. The van der Waals surface area contributed by atoms with E-state index < -0.39 is 6.10 Å². The molecule has 1 heterocycles. The van der Waals surface area contributed by atoms with Gasteiger partial charge in [-0.2, -0.15) is 0 Å². The molecular formula is C24H30N2O4. The zero-order valence-electron chi connectivity index (χ0n) is 18.1. The summed E-state index contributed by atoms with van der Waals surface area (Å²) in [5.41, 5.74) is 1.63. The highest BCUT2D eigenvalue weighted by atomic mass is 16.5. The van der Waals surface area contributed by atoms with Crippen LogP contribution in [0.2, 0.25) is 0 Å². The molecule has 0 bridgehead atoms. The Labute approximate surface area is 178 Å². The molecule has 1 fully saturated rings. The number of hydrogen-bond donors (Lipinski definition) is 0. The van der Waals surface area contributed by atoms with E-state index in [1.54, 1.807) is 36.0 Å². The van der Waals surface area contributed by atoms with Crippen LogP contribution in [0, 0.1) is 0 Å². The third-order valence-corrected chi connectivity index (χ3v) is 5.41. The average Bonchev–Trinajstić information content (AvgIpc) is 2.78. The zero-order valence-corrected chi connectivity index (χ0v) is 18.1. The van der Waals surface area contributed by atoms with Gasteiger partial charge in [0.05, 0.1) is 12.7 Å². The van der Waals surface area contributed by atoms with Gasteiger partial charge in [0.2, 0.25) is 0 Å². The van der Waals surface area contributed by atoms with Gasteiger partial charge in [0.15, 0.2) is 6.10 Å². The van der Waals surface area contributed by atoms with Crippen molar-refractivity contribution in [1.29, 1.82) is 0 Å². The summed E-state index contributed by atoms with van der Waals surface area (Å²) in [6.45, 7) is 7.93. The number of hydrogen-bond acceptors (Lipinski definition) is 4. The summed E-state index contributed by atoms with van der Waals surface area (Å²) in [6.07, 6.45) is -0.582. The third-order valence-electron chi connectivity index (χ3n) is 5.41. The van der Waals surface area contributed by atoms with E-state index in [0.717, 1.165) is 11.3 Å². The van der Waals surface area contributed by atoms with Crippen LogP contribution in [0.25, 0.3) is 0 Å². The van der Waals surface area contributed by atoms with Crippen molar-refractivity contribution in [3.63, 3.8) is 0 Å². The molecule has 1 saturated heterocycles. The normalized spacial score (nSPS) is 15.1. The SMILES string of the molecule is COc1ccccc1C(=O)N1CCN(C(=O)C(C)Oc2ccccc2C(C)C)CC1. The summed E-state index contributed by atoms with van der Waals surface area (Å²) in [5.74, 6) is 1.49. The quantitative estimate of drug-likeness (QED) is 0.731. The van der Waals surface area contributed by atoms with E-state index in [2.05, 4.69) is 13.8 Å². The minimum Gasteiger partial charge on any atom is -0.496 e. The van der Waals surface area contributed by atoms with Gasteiger partial charge < -0.3 is 19.3 Å². The Hall–Kier alpha value is -3.02. The molecule has 2 aromatic rings. The Morgan fingerprint density at radius 3 is 2.03 bits per heavy atom. The Balaban J connectivity index is 1.59. The summed E-state index contributed by atoms with van der Waals surface area (Å²) in [4.78, 5) is 29.3. The zero-order chi connectivity index (χ0) is 21.7. The van der Waals surface area contributed by atoms with E-state index >= 15 is 0 Å². The monoisotopic (exact) mass is 410 g/mol. The largest absolute Gasteiger partial charge is 0.496 e. The Kier molecular flexibility index (Phi) is 6.98. The van der Waals surface area contributed by atoms with Crippen molar-refractivity contribution in [2.45, 2.75) is 32.8 Å². The van der Waals surface area contributed by atoms with Crippen molar-refractivity contribution >= 4 is 11.8 Å². The maximum absolute atomic E-state index is 12.9. The van der Waals surface area contributed by atoms with Crippen LogP contribution < -0.4 is 9.47 Å². The van der Waals surface area contributed by atoms with Gasteiger partial charge in [-0.15, -0.1) is 0 Å². The molecule has 1 unspecified atom stereocenters. The van der Waals surface area contributed by atoms with Gasteiger partial charge in [-0.05, 0) is 36.6 Å². The van der Waals surface area contributed by atoms with Gasteiger partial charge >= 0.3 is 0 Å². The van der Waals surface area contributed by atoms with Gasteiger partial charge in [0, 0.05) is 26.2 Å². The molecule has 3 rings (SSSR count). The van der Waals surface area contributed by atoms with Crippen LogP contribution in [0.15, 0.2) is 48.5 Å². The summed E-state index contributed by atoms with van der Waals surface area (Å²) >= 11 is 0. The van der Waals surface area contributed by atoms with Crippen molar-refractivity contribution in [2.75, 3.05) is 33.3 Å². The van der Waals surface area contributed by atoms with Gasteiger partial charge in [-0.3, -0.25) is 9.59 Å². The second kappa shape index (κ2) is 9.65. The molecule has 0 N–H and O–H groups in total. The molecule has 1 aliphatic heterocycles. The number of para-hydroxylation sites is 2. The minimum atomic E-state index is -0.582. The van der Waals surface area contributed by atoms with Gasteiger partial charge in [0.25, 0.3) is 11.8 Å². The van der Waals surface area contributed by atoms with Crippen LogP contribution in [0.1, 0.15) is 42.6 Å². The lowest BCUT2D eigenvalue weighted by molar-refractivity contribution is -0.139. The molecule has 30 heavy (non-hydrogen) atoms. The Bertz CT molecular complexity index is 888. The van der Waals surface area contributed by atoms with E-state index in [1.165, 1.54) is 0 Å². The average molecular weight is 411 g/mol. The fourth-order valence-electron chi connectivity index (χ4n) is 3.68. The number of ether oxygens (including phenoxy) is 2. The van der Waals surface area contributed by atoms with E-state index in [9.17, 15) is 9.59 Å². The molecule has 2 aromatic carbocycles. The molecule has 0 aromatic heterocycles. The minimum absolute atomic E-state index is 0.0575. The number of rotatable bonds is 6. The fourth-order valence-corrected chi connectivity index (χ4v) is 3.68. The smallest absolute Gasteiger partial charge is 0.263 e. The van der Waals surface area contributed by atoms with Crippen molar-refractivity contribution in [1.82, 2.24) is 9.80 Å². The van der Waals surface area contributed by atoms with E-state index in [1.807, 2.05) is 36.4 Å². The summed E-state index contributed by atoms with van der Waals surface area (Å²) in [7, 11) is 1.56. The first-order chi connectivity index (χ1) is 14.4. The second-order valence-corrected chi connectivity index (χ2v) is 7.77. The molecule has 0 spiro atoms. The maximum Gasteiger partial charge on any atom is 0.263 e. The van der Waals surface area contributed by atoms with Crippen LogP contribution in [-0.2, 0) is 4.79 Å². The topological polar surface area (TPSA) is 59.1 Å². The third kappa shape index (κ3) is 4.75. The van der Waals surface area contributed by atoms with Crippen molar-refractivity contribution in [3.8, 4) is 11.5 Å². The highest BCUT2D eigenvalue weighted by Crippen LogP contribution is 2.27. The standard InChI is InChI=1S/C24H30N2O4/c1-17(2)19-9-5-8-12-22(19)30-18(3)23(27)25-13-15-26(16-14-25)24(28)20-10-6-7-11-21(20)29-4/h5-12,17-18H,13-16H2,1-4H3. The molecule has 0 aliphatic carbocycles. The summed E-state index contributed by atoms with van der Waals surface area (Å²) in [6, 6.07) is 15.0. The van der Waals surface area contributed by atoms with E-state index in [4.69, 9.17) is 9.47 Å². The number of nitrogens with zero attached hydrogens (tertiary/aromatic N) is 2. The van der Waals surface area contributed by atoms with E-state index in [-0.39, 0.29) is 11.8 Å². The predicted octanol–water partition coefficient (Wildman–Crippen LogP) is 3.57. The van der Waals surface area contributed by atoms with Crippen LogP contribution in [0.3, 0.4) is 0 Å². The summed E-state index contributed by atoms with van der Waals surface area (Å²) in [5, 5.41) is 0.